The molecule has 1 aliphatic rings. The summed E-state index contributed by atoms with van der Waals surface area (Å²) in [4.78, 5) is 15.9. The zero-order valence-electron chi connectivity index (χ0n) is 12.6. The SMILES string of the molecule is CC(=O)N1CCCN(Cc2ccc3ccccc3c2)CC1. The van der Waals surface area contributed by atoms with E-state index < -0.39 is 0 Å². The van der Waals surface area contributed by atoms with Gasteiger partial charge in [0.25, 0.3) is 0 Å². The van der Waals surface area contributed by atoms with Gasteiger partial charge in [-0.05, 0) is 28.8 Å². The summed E-state index contributed by atoms with van der Waals surface area (Å²) < 4.78 is 0. The first-order valence-corrected chi connectivity index (χ1v) is 7.68. The van der Waals surface area contributed by atoms with Crippen LogP contribution >= 0.6 is 0 Å². The van der Waals surface area contributed by atoms with Gasteiger partial charge in [-0.3, -0.25) is 9.69 Å². The lowest BCUT2D eigenvalue weighted by atomic mass is 10.1. The predicted octanol–water partition coefficient (Wildman–Crippen LogP) is 2.89. The van der Waals surface area contributed by atoms with Crippen molar-refractivity contribution in [2.24, 2.45) is 0 Å². The second-order valence-electron chi connectivity index (χ2n) is 5.82. The van der Waals surface area contributed by atoms with E-state index >= 15 is 0 Å². The van der Waals surface area contributed by atoms with E-state index in [2.05, 4.69) is 47.4 Å². The third-order valence-electron chi connectivity index (χ3n) is 4.25. The highest BCUT2D eigenvalue weighted by Crippen LogP contribution is 2.17. The molecule has 0 spiro atoms. The van der Waals surface area contributed by atoms with Crippen LogP contribution in [-0.2, 0) is 11.3 Å². The van der Waals surface area contributed by atoms with E-state index in [0.717, 1.165) is 39.1 Å². The van der Waals surface area contributed by atoms with Crippen LogP contribution in [0.1, 0.15) is 18.9 Å². The lowest BCUT2D eigenvalue weighted by Crippen LogP contribution is -2.33. The molecule has 0 radical (unpaired) electrons. The molecule has 3 rings (SSSR count). The predicted molar refractivity (Wildman–Crippen MR) is 86.1 cm³/mol. The molecule has 1 fully saturated rings. The second-order valence-corrected chi connectivity index (χ2v) is 5.82. The van der Waals surface area contributed by atoms with Gasteiger partial charge in [0.1, 0.15) is 0 Å². The average molecular weight is 282 g/mol. The van der Waals surface area contributed by atoms with Gasteiger partial charge in [-0.2, -0.15) is 0 Å². The molecule has 0 saturated carbocycles. The van der Waals surface area contributed by atoms with Crippen LogP contribution < -0.4 is 0 Å². The van der Waals surface area contributed by atoms with Gasteiger partial charge >= 0.3 is 0 Å². The number of rotatable bonds is 2. The molecule has 21 heavy (non-hydrogen) atoms. The van der Waals surface area contributed by atoms with Crippen LogP contribution in [0, 0.1) is 0 Å². The van der Waals surface area contributed by atoms with Gasteiger partial charge in [0.2, 0.25) is 5.91 Å². The summed E-state index contributed by atoms with van der Waals surface area (Å²) in [5, 5.41) is 2.59. The smallest absolute Gasteiger partial charge is 0.219 e. The Balaban J connectivity index is 1.68. The number of hydrogen-bond acceptors (Lipinski definition) is 2. The molecule has 0 unspecified atom stereocenters. The number of nitrogens with zero attached hydrogens (tertiary/aromatic N) is 2. The Labute approximate surface area is 126 Å². The van der Waals surface area contributed by atoms with E-state index in [9.17, 15) is 4.79 Å². The van der Waals surface area contributed by atoms with E-state index in [0.29, 0.717) is 0 Å². The fourth-order valence-electron chi connectivity index (χ4n) is 3.04. The lowest BCUT2D eigenvalue weighted by Gasteiger charge is -2.21. The molecule has 3 heteroatoms. The van der Waals surface area contributed by atoms with Crippen LogP contribution in [0.4, 0.5) is 0 Å². The van der Waals surface area contributed by atoms with Gasteiger partial charge < -0.3 is 4.90 Å². The van der Waals surface area contributed by atoms with Crippen molar-refractivity contribution in [1.29, 1.82) is 0 Å². The van der Waals surface area contributed by atoms with Crippen molar-refractivity contribution in [3.63, 3.8) is 0 Å². The second kappa shape index (κ2) is 6.27. The highest BCUT2D eigenvalue weighted by atomic mass is 16.2. The molecule has 1 saturated heterocycles. The molecule has 3 nitrogen and oxygen atoms in total. The largest absolute Gasteiger partial charge is 0.342 e. The Morgan fingerprint density at radius 3 is 2.62 bits per heavy atom. The lowest BCUT2D eigenvalue weighted by molar-refractivity contribution is -0.128. The van der Waals surface area contributed by atoms with Crippen molar-refractivity contribution in [1.82, 2.24) is 9.80 Å². The van der Waals surface area contributed by atoms with Gasteiger partial charge in [0.15, 0.2) is 0 Å². The average Bonchev–Trinajstić information content (AvgIpc) is 2.73. The molecule has 2 aromatic carbocycles. The van der Waals surface area contributed by atoms with Crippen molar-refractivity contribution in [3.8, 4) is 0 Å². The first-order chi connectivity index (χ1) is 10.2. The van der Waals surface area contributed by atoms with Crippen molar-refractivity contribution in [3.05, 3.63) is 48.0 Å². The minimum Gasteiger partial charge on any atom is -0.342 e. The summed E-state index contributed by atoms with van der Waals surface area (Å²) in [6.07, 6.45) is 1.06. The Kier molecular flexibility index (Phi) is 4.20. The molecule has 0 atom stereocenters. The number of benzene rings is 2. The van der Waals surface area contributed by atoms with E-state index in [1.54, 1.807) is 6.92 Å². The summed E-state index contributed by atoms with van der Waals surface area (Å²) in [6, 6.07) is 15.2. The fourth-order valence-corrected chi connectivity index (χ4v) is 3.04. The number of fused-ring (bicyclic) bond motifs is 1. The van der Waals surface area contributed by atoms with E-state index in [1.807, 2.05) is 4.90 Å². The number of carbonyl (C=O) groups excluding carboxylic acids is 1. The minimum absolute atomic E-state index is 0.197. The maximum absolute atomic E-state index is 11.5. The van der Waals surface area contributed by atoms with E-state index in [4.69, 9.17) is 0 Å². The van der Waals surface area contributed by atoms with E-state index in [1.165, 1.54) is 16.3 Å². The highest BCUT2D eigenvalue weighted by Gasteiger charge is 2.16. The fraction of sp³-hybridized carbons (Fsp3) is 0.389. The Morgan fingerprint density at radius 1 is 1.00 bits per heavy atom. The third kappa shape index (κ3) is 3.42. The molecule has 110 valence electrons. The topological polar surface area (TPSA) is 23.6 Å². The minimum atomic E-state index is 0.197. The molecular formula is C18H22N2O. The van der Waals surface area contributed by atoms with Crippen LogP contribution in [0.3, 0.4) is 0 Å². The molecule has 1 amide bonds. The summed E-state index contributed by atoms with van der Waals surface area (Å²) in [7, 11) is 0. The Hall–Kier alpha value is -1.87. The monoisotopic (exact) mass is 282 g/mol. The Morgan fingerprint density at radius 2 is 1.81 bits per heavy atom. The maximum atomic E-state index is 11.5. The summed E-state index contributed by atoms with van der Waals surface area (Å²) >= 11 is 0. The Bertz CT molecular complexity index is 638. The quantitative estimate of drug-likeness (QED) is 0.845. The van der Waals surface area contributed by atoms with Crippen LogP contribution in [-0.4, -0.2) is 41.9 Å². The summed E-state index contributed by atoms with van der Waals surface area (Å²) in [5.74, 6) is 0.197. The normalized spacial score (nSPS) is 16.9. The zero-order chi connectivity index (χ0) is 14.7. The first-order valence-electron chi connectivity index (χ1n) is 7.68. The van der Waals surface area contributed by atoms with Crippen LogP contribution in [0.2, 0.25) is 0 Å². The molecule has 2 aromatic rings. The van der Waals surface area contributed by atoms with Gasteiger partial charge in [-0.25, -0.2) is 0 Å². The third-order valence-corrected chi connectivity index (χ3v) is 4.25. The number of amides is 1. The molecule has 1 aliphatic heterocycles. The molecule has 0 aromatic heterocycles. The van der Waals surface area contributed by atoms with Crippen molar-refractivity contribution < 1.29 is 4.79 Å². The first kappa shape index (κ1) is 14.1. The molecule has 0 aliphatic carbocycles. The summed E-state index contributed by atoms with van der Waals surface area (Å²) in [5.41, 5.74) is 1.35. The molecule has 1 heterocycles. The van der Waals surface area contributed by atoms with Crippen molar-refractivity contribution in [2.75, 3.05) is 26.2 Å². The van der Waals surface area contributed by atoms with Crippen molar-refractivity contribution >= 4 is 16.7 Å². The number of hydrogen-bond donors (Lipinski definition) is 0. The summed E-state index contributed by atoms with van der Waals surface area (Å²) in [6.45, 7) is 6.41. The van der Waals surface area contributed by atoms with Gasteiger partial charge in [0.05, 0.1) is 0 Å². The molecular weight excluding hydrogens is 260 g/mol. The van der Waals surface area contributed by atoms with Gasteiger partial charge in [-0.15, -0.1) is 0 Å². The maximum Gasteiger partial charge on any atom is 0.219 e. The van der Waals surface area contributed by atoms with Crippen LogP contribution in [0.5, 0.6) is 0 Å². The van der Waals surface area contributed by atoms with Gasteiger partial charge in [0, 0.05) is 39.6 Å². The number of carbonyl (C=O) groups is 1. The molecule has 0 bridgehead atoms. The van der Waals surface area contributed by atoms with E-state index in [-0.39, 0.29) is 5.91 Å². The highest BCUT2D eigenvalue weighted by molar-refractivity contribution is 5.82. The van der Waals surface area contributed by atoms with Crippen molar-refractivity contribution in [2.45, 2.75) is 19.9 Å². The van der Waals surface area contributed by atoms with Crippen LogP contribution in [0.15, 0.2) is 42.5 Å². The zero-order valence-corrected chi connectivity index (χ0v) is 12.6. The standard InChI is InChI=1S/C18H22N2O/c1-15(21)20-10-4-9-19(11-12-20)14-16-7-8-17-5-2-3-6-18(17)13-16/h2-3,5-8,13H,4,9-12,14H2,1H3. The van der Waals surface area contributed by atoms with Crippen LogP contribution in [0.25, 0.3) is 10.8 Å². The molecule has 0 N–H and O–H groups in total. The van der Waals surface area contributed by atoms with Gasteiger partial charge in [-0.1, -0.05) is 36.4 Å².